The Labute approximate surface area is 99.3 Å². The van der Waals surface area contributed by atoms with Crippen LogP contribution in [0.2, 0.25) is 0 Å². The Morgan fingerprint density at radius 2 is 2.12 bits per heavy atom. The van der Waals surface area contributed by atoms with Gasteiger partial charge in [-0.05, 0) is 19.4 Å². The monoisotopic (exact) mass is 230 g/mol. The number of aromatic amines is 1. The van der Waals surface area contributed by atoms with Crippen LogP contribution in [-0.4, -0.2) is 21.0 Å². The minimum atomic E-state index is -0.927. The molecule has 2 aromatic rings. The number of rotatable bonds is 3. The summed E-state index contributed by atoms with van der Waals surface area (Å²) in [5.41, 5.74) is 2.66. The number of benzene rings is 1. The lowest BCUT2D eigenvalue weighted by atomic mass is 10.0. The number of aromatic nitrogens is 2. The zero-order valence-corrected chi connectivity index (χ0v) is 9.82. The second kappa shape index (κ2) is 4.41. The van der Waals surface area contributed by atoms with Crippen molar-refractivity contribution < 1.29 is 9.90 Å². The van der Waals surface area contributed by atoms with Crippen LogP contribution in [-0.2, 0) is 6.42 Å². The molecule has 0 amide bonds. The normalized spacial score (nSPS) is 10.5. The van der Waals surface area contributed by atoms with Crippen LogP contribution in [0.4, 0.5) is 0 Å². The quantitative estimate of drug-likeness (QED) is 0.851. The molecule has 0 aliphatic carbocycles. The molecule has 1 aromatic heterocycles. The van der Waals surface area contributed by atoms with Gasteiger partial charge in [-0.3, -0.25) is 0 Å². The molecule has 1 heterocycles. The van der Waals surface area contributed by atoms with E-state index in [4.69, 9.17) is 5.11 Å². The number of hydrogen-bond acceptors (Lipinski definition) is 2. The predicted molar refractivity (Wildman–Crippen MR) is 65.1 cm³/mol. The summed E-state index contributed by atoms with van der Waals surface area (Å²) in [5, 5.41) is 9.16. The molecular formula is C13H14N2O2. The van der Waals surface area contributed by atoms with E-state index >= 15 is 0 Å². The van der Waals surface area contributed by atoms with Crippen molar-refractivity contribution in [3.63, 3.8) is 0 Å². The molecule has 0 radical (unpaired) electrons. The third kappa shape index (κ3) is 2.06. The first-order valence-corrected chi connectivity index (χ1v) is 5.51. The Morgan fingerprint density at radius 1 is 1.41 bits per heavy atom. The predicted octanol–water partition coefficient (Wildman–Crippen LogP) is 2.65. The smallest absolute Gasteiger partial charge is 0.336 e. The summed E-state index contributed by atoms with van der Waals surface area (Å²) in [6.45, 7) is 3.88. The zero-order valence-electron chi connectivity index (χ0n) is 9.82. The van der Waals surface area contributed by atoms with Crippen LogP contribution in [0.5, 0.6) is 0 Å². The Hall–Kier alpha value is -2.10. The summed E-state index contributed by atoms with van der Waals surface area (Å²) in [4.78, 5) is 18.7. The lowest BCUT2D eigenvalue weighted by molar-refractivity contribution is 0.0697. The minimum Gasteiger partial charge on any atom is -0.478 e. The fourth-order valence-electron chi connectivity index (χ4n) is 1.90. The molecule has 1 aromatic carbocycles. The average Bonchev–Trinajstić information content (AvgIpc) is 2.70. The second-order valence-corrected chi connectivity index (χ2v) is 3.85. The molecule has 0 atom stereocenters. The van der Waals surface area contributed by atoms with Crippen LogP contribution < -0.4 is 0 Å². The van der Waals surface area contributed by atoms with E-state index in [0.717, 1.165) is 23.6 Å². The maximum atomic E-state index is 11.2. The average molecular weight is 230 g/mol. The van der Waals surface area contributed by atoms with Crippen LogP contribution in [0, 0.1) is 6.92 Å². The Bertz CT molecular complexity index is 558. The van der Waals surface area contributed by atoms with Gasteiger partial charge in [0, 0.05) is 11.3 Å². The summed E-state index contributed by atoms with van der Waals surface area (Å²) in [6.07, 6.45) is 0.796. The number of carboxylic acids is 1. The number of carboxylic acid groups (broad SMARTS) is 1. The van der Waals surface area contributed by atoms with Crippen molar-refractivity contribution in [1.29, 1.82) is 0 Å². The van der Waals surface area contributed by atoms with E-state index in [1.807, 2.05) is 19.9 Å². The van der Waals surface area contributed by atoms with Gasteiger partial charge in [0.25, 0.3) is 0 Å². The van der Waals surface area contributed by atoms with Gasteiger partial charge in [-0.15, -0.1) is 0 Å². The van der Waals surface area contributed by atoms with Crippen molar-refractivity contribution in [2.75, 3.05) is 0 Å². The number of nitrogens with one attached hydrogen (secondary N) is 1. The molecular weight excluding hydrogens is 216 g/mol. The maximum Gasteiger partial charge on any atom is 0.336 e. The van der Waals surface area contributed by atoms with E-state index in [1.54, 1.807) is 18.2 Å². The summed E-state index contributed by atoms with van der Waals surface area (Å²) in [7, 11) is 0. The molecule has 0 saturated heterocycles. The first-order valence-electron chi connectivity index (χ1n) is 5.51. The summed E-state index contributed by atoms with van der Waals surface area (Å²) in [5.74, 6) is -0.125. The lowest BCUT2D eigenvalue weighted by Crippen LogP contribution is -2.00. The van der Waals surface area contributed by atoms with Crippen LogP contribution >= 0.6 is 0 Å². The van der Waals surface area contributed by atoms with Crippen molar-refractivity contribution in [3.8, 4) is 11.3 Å². The molecule has 4 heteroatoms. The molecule has 2 rings (SSSR count). The van der Waals surface area contributed by atoms with Gasteiger partial charge in [-0.1, -0.05) is 25.1 Å². The van der Waals surface area contributed by atoms with Crippen molar-refractivity contribution in [2.45, 2.75) is 20.3 Å². The summed E-state index contributed by atoms with van der Waals surface area (Å²) >= 11 is 0. The molecule has 17 heavy (non-hydrogen) atoms. The molecule has 4 nitrogen and oxygen atoms in total. The van der Waals surface area contributed by atoms with E-state index in [9.17, 15) is 4.79 Å². The highest BCUT2D eigenvalue weighted by Gasteiger charge is 2.16. The number of carbonyl (C=O) groups is 1. The van der Waals surface area contributed by atoms with Gasteiger partial charge in [0.2, 0.25) is 0 Å². The van der Waals surface area contributed by atoms with Gasteiger partial charge in [0.05, 0.1) is 11.3 Å². The van der Waals surface area contributed by atoms with Crippen molar-refractivity contribution in [3.05, 3.63) is 41.3 Å². The Morgan fingerprint density at radius 3 is 2.76 bits per heavy atom. The molecule has 0 bridgehead atoms. The molecule has 0 aliphatic heterocycles. The summed E-state index contributed by atoms with van der Waals surface area (Å²) < 4.78 is 0. The van der Waals surface area contributed by atoms with E-state index in [0.29, 0.717) is 5.56 Å². The zero-order chi connectivity index (χ0) is 12.4. The van der Waals surface area contributed by atoms with Gasteiger partial charge in [-0.25, -0.2) is 9.78 Å². The van der Waals surface area contributed by atoms with Crippen molar-refractivity contribution in [1.82, 2.24) is 9.97 Å². The highest BCUT2D eigenvalue weighted by molar-refractivity contribution is 5.95. The standard InChI is InChI=1S/C13H14N2O2/c1-3-11-12(15-8(2)14-11)9-6-4-5-7-10(9)13(16)17/h4-7H,3H2,1-2H3,(H,14,15)(H,16,17). The number of aryl methyl sites for hydroxylation is 2. The van der Waals surface area contributed by atoms with E-state index < -0.39 is 5.97 Å². The molecule has 88 valence electrons. The molecule has 2 N–H and O–H groups in total. The fraction of sp³-hybridized carbons (Fsp3) is 0.231. The Balaban J connectivity index is 2.63. The number of H-pyrrole nitrogens is 1. The SMILES string of the molecule is CCc1[nH]c(C)nc1-c1ccccc1C(=O)O. The highest BCUT2D eigenvalue weighted by atomic mass is 16.4. The van der Waals surface area contributed by atoms with Crippen molar-refractivity contribution in [2.24, 2.45) is 0 Å². The largest absolute Gasteiger partial charge is 0.478 e. The van der Waals surface area contributed by atoms with Gasteiger partial charge >= 0.3 is 5.97 Å². The van der Waals surface area contributed by atoms with Gasteiger partial charge in [0.15, 0.2) is 0 Å². The van der Waals surface area contributed by atoms with Crippen LogP contribution in [0.3, 0.4) is 0 Å². The summed E-state index contributed by atoms with van der Waals surface area (Å²) in [6, 6.07) is 6.93. The van der Waals surface area contributed by atoms with Gasteiger partial charge in [-0.2, -0.15) is 0 Å². The maximum absolute atomic E-state index is 11.2. The molecule has 0 spiro atoms. The molecule has 0 unspecified atom stereocenters. The minimum absolute atomic E-state index is 0.286. The molecule has 0 saturated carbocycles. The highest BCUT2D eigenvalue weighted by Crippen LogP contribution is 2.25. The van der Waals surface area contributed by atoms with Crippen LogP contribution in [0.25, 0.3) is 11.3 Å². The van der Waals surface area contributed by atoms with Crippen LogP contribution in [0.15, 0.2) is 24.3 Å². The van der Waals surface area contributed by atoms with E-state index in [2.05, 4.69) is 9.97 Å². The third-order valence-electron chi connectivity index (χ3n) is 2.66. The number of nitrogens with zero attached hydrogens (tertiary/aromatic N) is 1. The first kappa shape index (κ1) is 11.4. The lowest BCUT2D eigenvalue weighted by Gasteiger charge is -2.04. The third-order valence-corrected chi connectivity index (χ3v) is 2.66. The van der Waals surface area contributed by atoms with E-state index in [1.165, 1.54) is 0 Å². The van der Waals surface area contributed by atoms with E-state index in [-0.39, 0.29) is 5.56 Å². The van der Waals surface area contributed by atoms with Gasteiger partial charge < -0.3 is 10.1 Å². The Kier molecular flexibility index (Phi) is 2.95. The fourth-order valence-corrected chi connectivity index (χ4v) is 1.90. The first-order chi connectivity index (χ1) is 8.13. The molecule has 0 aliphatic rings. The van der Waals surface area contributed by atoms with Gasteiger partial charge in [0.1, 0.15) is 5.82 Å². The molecule has 0 fully saturated rings. The second-order valence-electron chi connectivity index (χ2n) is 3.85. The van der Waals surface area contributed by atoms with Crippen molar-refractivity contribution >= 4 is 5.97 Å². The number of imidazole rings is 1. The number of aromatic carboxylic acids is 1. The van der Waals surface area contributed by atoms with Crippen LogP contribution in [0.1, 0.15) is 28.8 Å². The number of hydrogen-bond donors (Lipinski definition) is 2. The topological polar surface area (TPSA) is 66.0 Å².